The maximum absolute atomic E-state index is 11.6. The minimum atomic E-state index is -0.487. The van der Waals surface area contributed by atoms with Crippen molar-refractivity contribution in [2.75, 3.05) is 0 Å². The zero-order valence-electron chi connectivity index (χ0n) is 8.17. The maximum atomic E-state index is 11.6. The van der Waals surface area contributed by atoms with Crippen LogP contribution in [0.1, 0.15) is 16.8 Å². The molecule has 1 aromatic carbocycles. The number of benzene rings is 1. The largest absolute Gasteiger partial charge is 0.454 e. The number of ether oxygens (including phenoxy) is 1. The Bertz CT molecular complexity index is 370. The van der Waals surface area contributed by atoms with Gasteiger partial charge in [-0.05, 0) is 18.2 Å². The van der Waals surface area contributed by atoms with Gasteiger partial charge in [0.15, 0.2) is 0 Å². The molecule has 0 aromatic heterocycles. The predicted octanol–water partition coefficient (Wildman–Crippen LogP) is 1.53. The molecule has 78 valence electrons. The van der Waals surface area contributed by atoms with Crippen molar-refractivity contribution < 1.29 is 14.6 Å². The van der Waals surface area contributed by atoms with Gasteiger partial charge in [-0.2, -0.15) is 0 Å². The van der Waals surface area contributed by atoms with Crippen LogP contribution in [0.15, 0.2) is 42.5 Å². The minimum Gasteiger partial charge on any atom is -0.454 e. The van der Waals surface area contributed by atoms with E-state index in [0.717, 1.165) is 0 Å². The Hall–Kier alpha value is -1.61. The second-order valence-electron chi connectivity index (χ2n) is 3.50. The molecule has 1 N–H and O–H groups in total. The normalized spacial score (nSPS) is 24.1. The van der Waals surface area contributed by atoms with Crippen molar-refractivity contribution in [3.8, 4) is 0 Å². The van der Waals surface area contributed by atoms with Gasteiger partial charge in [-0.3, -0.25) is 0 Å². The summed E-state index contributed by atoms with van der Waals surface area (Å²) in [7, 11) is 0. The third-order valence-electron chi connectivity index (χ3n) is 2.29. The Kier molecular flexibility index (Phi) is 2.83. The molecule has 1 aliphatic rings. The first kappa shape index (κ1) is 9.93. The van der Waals surface area contributed by atoms with Gasteiger partial charge in [0.2, 0.25) is 0 Å². The van der Waals surface area contributed by atoms with Crippen molar-refractivity contribution in [1.82, 2.24) is 0 Å². The van der Waals surface area contributed by atoms with Gasteiger partial charge in [-0.15, -0.1) is 0 Å². The molecule has 0 saturated carbocycles. The molecule has 2 rings (SSSR count). The van der Waals surface area contributed by atoms with Gasteiger partial charge in [-0.25, -0.2) is 4.79 Å². The Labute approximate surface area is 88.0 Å². The van der Waals surface area contributed by atoms with Gasteiger partial charge >= 0.3 is 5.97 Å². The van der Waals surface area contributed by atoms with Crippen molar-refractivity contribution >= 4 is 5.97 Å². The molecule has 15 heavy (non-hydrogen) atoms. The summed E-state index contributed by atoms with van der Waals surface area (Å²) in [5.41, 5.74) is 0.535. The highest BCUT2D eigenvalue weighted by Crippen LogP contribution is 2.15. The first-order valence-corrected chi connectivity index (χ1v) is 4.88. The Morgan fingerprint density at radius 2 is 2.00 bits per heavy atom. The lowest BCUT2D eigenvalue weighted by Gasteiger charge is -2.10. The van der Waals surface area contributed by atoms with Crippen molar-refractivity contribution in [3.05, 3.63) is 48.0 Å². The lowest BCUT2D eigenvalue weighted by molar-refractivity contribution is 0.0348. The third-order valence-corrected chi connectivity index (χ3v) is 2.29. The lowest BCUT2D eigenvalue weighted by atomic mass is 10.2. The molecule has 1 aromatic rings. The summed E-state index contributed by atoms with van der Waals surface area (Å²) >= 11 is 0. The highest BCUT2D eigenvalue weighted by Gasteiger charge is 2.20. The van der Waals surface area contributed by atoms with E-state index in [1.54, 1.807) is 36.4 Å². The van der Waals surface area contributed by atoms with Gasteiger partial charge in [0.05, 0.1) is 11.7 Å². The van der Waals surface area contributed by atoms with E-state index in [2.05, 4.69) is 0 Å². The van der Waals surface area contributed by atoms with E-state index in [9.17, 15) is 9.90 Å². The Balaban J connectivity index is 1.96. The number of hydrogen-bond acceptors (Lipinski definition) is 3. The molecule has 0 spiro atoms. The molecule has 0 unspecified atom stereocenters. The van der Waals surface area contributed by atoms with Crippen LogP contribution in [0.4, 0.5) is 0 Å². The summed E-state index contributed by atoms with van der Waals surface area (Å²) in [6.45, 7) is 0. The number of aliphatic hydroxyl groups excluding tert-OH is 1. The van der Waals surface area contributed by atoms with Crippen LogP contribution in [-0.4, -0.2) is 23.3 Å². The number of rotatable bonds is 2. The smallest absolute Gasteiger partial charge is 0.338 e. The highest BCUT2D eigenvalue weighted by molar-refractivity contribution is 5.89. The van der Waals surface area contributed by atoms with E-state index in [0.29, 0.717) is 12.0 Å². The van der Waals surface area contributed by atoms with E-state index >= 15 is 0 Å². The van der Waals surface area contributed by atoms with Crippen molar-refractivity contribution in [1.29, 1.82) is 0 Å². The molecule has 0 amide bonds. The first-order chi connectivity index (χ1) is 7.25. The SMILES string of the molecule is O=C(O[C@H]1C=C[C@H](O)C1)c1ccccc1. The fourth-order valence-corrected chi connectivity index (χ4v) is 1.51. The second kappa shape index (κ2) is 4.28. The van der Waals surface area contributed by atoms with Crippen molar-refractivity contribution in [2.24, 2.45) is 0 Å². The monoisotopic (exact) mass is 204 g/mol. The highest BCUT2D eigenvalue weighted by atomic mass is 16.5. The van der Waals surface area contributed by atoms with Crippen LogP contribution >= 0.6 is 0 Å². The fraction of sp³-hybridized carbons (Fsp3) is 0.250. The average molecular weight is 204 g/mol. The summed E-state index contributed by atoms with van der Waals surface area (Å²) in [4.78, 5) is 11.6. The van der Waals surface area contributed by atoms with Crippen LogP contribution < -0.4 is 0 Å². The Morgan fingerprint density at radius 3 is 2.60 bits per heavy atom. The minimum absolute atomic E-state index is 0.298. The number of hydrogen-bond donors (Lipinski definition) is 1. The molecule has 0 aliphatic heterocycles. The number of aliphatic hydroxyl groups is 1. The van der Waals surface area contributed by atoms with Gasteiger partial charge in [-0.1, -0.05) is 24.3 Å². The summed E-state index contributed by atoms with van der Waals surface area (Å²) in [5, 5.41) is 9.20. The molecule has 3 heteroatoms. The van der Waals surface area contributed by atoms with Gasteiger partial charge in [0, 0.05) is 6.42 Å². The van der Waals surface area contributed by atoms with Gasteiger partial charge in [0.25, 0.3) is 0 Å². The lowest BCUT2D eigenvalue weighted by Crippen LogP contribution is -2.16. The molecule has 0 saturated heterocycles. The molecule has 0 fully saturated rings. The number of carbonyl (C=O) groups is 1. The maximum Gasteiger partial charge on any atom is 0.338 e. The average Bonchev–Trinajstić information content (AvgIpc) is 2.65. The molecule has 1 aliphatic carbocycles. The van der Waals surface area contributed by atoms with E-state index in [1.165, 1.54) is 0 Å². The Morgan fingerprint density at radius 1 is 1.27 bits per heavy atom. The molecule has 2 atom stereocenters. The van der Waals surface area contributed by atoms with Crippen LogP contribution in [0.5, 0.6) is 0 Å². The van der Waals surface area contributed by atoms with E-state index < -0.39 is 6.10 Å². The molecule has 3 nitrogen and oxygen atoms in total. The van der Waals surface area contributed by atoms with Crippen molar-refractivity contribution in [3.63, 3.8) is 0 Å². The molecule has 0 bridgehead atoms. The van der Waals surface area contributed by atoms with E-state index in [-0.39, 0.29) is 12.1 Å². The first-order valence-electron chi connectivity index (χ1n) is 4.88. The van der Waals surface area contributed by atoms with Crippen LogP contribution in [0, 0.1) is 0 Å². The van der Waals surface area contributed by atoms with Crippen LogP contribution in [0.3, 0.4) is 0 Å². The molecular weight excluding hydrogens is 192 g/mol. The van der Waals surface area contributed by atoms with Crippen LogP contribution in [0.2, 0.25) is 0 Å². The topological polar surface area (TPSA) is 46.5 Å². The third kappa shape index (κ3) is 2.44. The predicted molar refractivity (Wildman–Crippen MR) is 55.4 cm³/mol. The summed E-state index contributed by atoms with van der Waals surface area (Å²) < 4.78 is 5.18. The van der Waals surface area contributed by atoms with Crippen LogP contribution in [-0.2, 0) is 4.74 Å². The zero-order chi connectivity index (χ0) is 10.7. The van der Waals surface area contributed by atoms with Gasteiger partial charge < -0.3 is 9.84 Å². The quantitative estimate of drug-likeness (QED) is 0.587. The van der Waals surface area contributed by atoms with E-state index in [1.807, 2.05) is 6.07 Å². The number of esters is 1. The molecule has 0 heterocycles. The van der Waals surface area contributed by atoms with Crippen molar-refractivity contribution in [2.45, 2.75) is 18.6 Å². The summed E-state index contributed by atoms with van der Waals surface area (Å²) in [5.74, 6) is -0.348. The fourth-order valence-electron chi connectivity index (χ4n) is 1.51. The molecular formula is C12H12O3. The molecule has 0 radical (unpaired) electrons. The summed E-state index contributed by atoms with van der Waals surface area (Å²) in [6, 6.07) is 8.83. The zero-order valence-corrected chi connectivity index (χ0v) is 8.17. The van der Waals surface area contributed by atoms with Crippen LogP contribution in [0.25, 0.3) is 0 Å². The number of carbonyl (C=O) groups excluding carboxylic acids is 1. The second-order valence-corrected chi connectivity index (χ2v) is 3.50. The van der Waals surface area contributed by atoms with E-state index in [4.69, 9.17) is 4.74 Å². The standard InChI is InChI=1S/C12H12O3/c13-10-6-7-11(8-10)15-12(14)9-4-2-1-3-5-9/h1-7,10-11,13H,8H2/t10-,11-/m0/s1. The van der Waals surface area contributed by atoms with Gasteiger partial charge in [0.1, 0.15) is 6.10 Å². The summed E-state index contributed by atoms with van der Waals surface area (Å²) in [6.07, 6.45) is 3.03.